The molecule has 0 saturated carbocycles. The maximum atomic E-state index is 12.4. The van der Waals surface area contributed by atoms with Crippen LogP contribution in [0.5, 0.6) is 0 Å². The molecule has 3 aromatic rings. The Labute approximate surface area is 184 Å². The third-order valence-corrected chi connectivity index (χ3v) is 3.89. The zero-order chi connectivity index (χ0) is 20.1. The molecule has 3 rings (SSSR count). The van der Waals surface area contributed by atoms with Crippen molar-refractivity contribution in [2.24, 2.45) is 21.1 Å². The summed E-state index contributed by atoms with van der Waals surface area (Å²) in [6, 6.07) is 3.40. The van der Waals surface area contributed by atoms with E-state index in [4.69, 9.17) is 0 Å². The van der Waals surface area contributed by atoms with Gasteiger partial charge in [-0.1, -0.05) is 0 Å². The molecule has 163 valence electrons. The second kappa shape index (κ2) is 11.5. The van der Waals surface area contributed by atoms with E-state index in [1.54, 1.807) is 78.9 Å². The number of rotatable bonds is 4. The summed E-state index contributed by atoms with van der Waals surface area (Å²) >= 11 is 1.61. The maximum absolute atomic E-state index is 12.4. The molecule has 0 radical (unpaired) electrons. The molecule has 0 unspecified atom stereocenters. The number of amides is 2. The molecule has 29 heavy (non-hydrogen) atoms. The smallest absolute Gasteiger partial charge is 0.693 e. The molecule has 0 spiro atoms. The van der Waals surface area contributed by atoms with E-state index in [0.29, 0.717) is 22.9 Å². The van der Waals surface area contributed by atoms with Crippen molar-refractivity contribution < 1.29 is 28.4 Å². The average molecular weight is 602 g/mol. The van der Waals surface area contributed by atoms with Gasteiger partial charge in [0, 0.05) is 45.9 Å². The van der Waals surface area contributed by atoms with E-state index in [-0.39, 0.29) is 24.1 Å². The van der Waals surface area contributed by atoms with Crippen LogP contribution in [0.3, 0.4) is 0 Å². The third kappa shape index (κ3) is 6.23. The maximum Gasteiger partial charge on any atom is -0.693 e. The number of halogens is 1. The number of hydrogen-bond acceptors (Lipinski definition) is 3. The summed E-state index contributed by atoms with van der Waals surface area (Å²) in [6.07, 6.45) is 6.70. The summed E-state index contributed by atoms with van der Waals surface area (Å²) in [7, 11) is 9.94. The zero-order valence-electron chi connectivity index (χ0n) is 16.1. The Balaban J connectivity index is 0.00000190. The summed E-state index contributed by atoms with van der Waals surface area (Å²) in [6.45, 7) is 3.86. The summed E-state index contributed by atoms with van der Waals surface area (Å²) < 4.78 is 5.09. The van der Waals surface area contributed by atoms with Crippen LogP contribution in [0.2, 0.25) is 0 Å². The molecule has 0 aliphatic rings. The Hall–Kier alpha value is -2.52. The van der Waals surface area contributed by atoms with Gasteiger partial charge in [0.15, 0.2) is 5.82 Å². The van der Waals surface area contributed by atoms with Crippen LogP contribution in [0, 0.1) is 6.92 Å². The van der Waals surface area contributed by atoms with Crippen molar-refractivity contribution in [1.82, 2.24) is 18.7 Å². The SMILES string of the molecule is [CH2-]c1cc(NC(=O)c2cc(NC(=O)c3nccn3C)cn2C)cn1C.[Cl][Pt].[NH2-].[NH2-]. The minimum Gasteiger partial charge on any atom is -0.693 e. The van der Waals surface area contributed by atoms with Crippen molar-refractivity contribution in [3.05, 3.63) is 73.4 Å². The van der Waals surface area contributed by atoms with Crippen LogP contribution in [0.25, 0.3) is 12.3 Å². The van der Waals surface area contributed by atoms with Gasteiger partial charge in [-0.15, -0.1) is 5.69 Å². The molecule has 3 aromatic heterocycles. The first-order valence-electron chi connectivity index (χ1n) is 7.72. The number of hydrogen-bond donors (Lipinski definition) is 2. The Morgan fingerprint density at radius 1 is 0.966 bits per heavy atom. The second-order valence-corrected chi connectivity index (χ2v) is 5.83. The van der Waals surface area contributed by atoms with Crippen LogP contribution in [-0.4, -0.2) is 30.5 Å². The first-order valence-corrected chi connectivity index (χ1v) is 10.5. The van der Waals surface area contributed by atoms with E-state index in [1.807, 2.05) is 11.6 Å². The quantitative estimate of drug-likeness (QED) is 0.436. The molecule has 0 aliphatic carbocycles. The van der Waals surface area contributed by atoms with Crippen LogP contribution in [0.1, 0.15) is 26.8 Å². The van der Waals surface area contributed by atoms with Crippen molar-refractivity contribution >= 4 is 32.6 Å². The van der Waals surface area contributed by atoms with Gasteiger partial charge in [0.2, 0.25) is 0 Å². The standard InChI is InChI=1S/C17H19N6O2.ClH.2H2N.Pt/c1-11-7-12(9-22(11)3)19-16(24)14-8-13(10-23(14)4)20-17(25)15-18-5-6-21(15)2;;;;/h5-10H,1H2,2-4H3,(H,19,24)(H,20,25);1H;2*1H2;/q-1;;2*-1;+1/p-1. The van der Waals surface area contributed by atoms with Crippen molar-refractivity contribution in [2.75, 3.05) is 10.6 Å². The molecular weight excluding hydrogens is 579 g/mol. The number of carbonyl (C=O) groups excluding carboxylic acids is 2. The molecule has 0 fully saturated rings. The van der Waals surface area contributed by atoms with Crippen LogP contribution in [-0.2, 0) is 39.9 Å². The van der Waals surface area contributed by atoms with E-state index in [9.17, 15) is 9.59 Å². The molecule has 0 bridgehead atoms. The van der Waals surface area contributed by atoms with Crippen molar-refractivity contribution in [3.63, 3.8) is 0 Å². The van der Waals surface area contributed by atoms with Gasteiger partial charge in [-0.2, -0.15) is 6.07 Å². The molecule has 0 aliphatic heterocycles. The first-order chi connectivity index (χ1) is 12.8. The Morgan fingerprint density at radius 3 is 2.03 bits per heavy atom. The number of aryl methyl sites for hydroxylation is 3. The van der Waals surface area contributed by atoms with E-state index in [0.717, 1.165) is 5.69 Å². The number of aromatic nitrogens is 4. The van der Waals surface area contributed by atoms with E-state index in [1.165, 1.54) is 0 Å². The predicted octanol–water partition coefficient (Wildman–Crippen LogP) is 3.91. The van der Waals surface area contributed by atoms with E-state index < -0.39 is 0 Å². The van der Waals surface area contributed by atoms with Crippen molar-refractivity contribution in [2.45, 2.75) is 0 Å². The molecule has 10 nitrogen and oxygen atoms in total. The average Bonchev–Trinajstić information content (AvgIpc) is 3.29. The van der Waals surface area contributed by atoms with Gasteiger partial charge in [-0.25, -0.2) is 11.9 Å². The van der Waals surface area contributed by atoms with Gasteiger partial charge in [0.05, 0.1) is 5.69 Å². The number of carbonyl (C=O) groups is 2. The largest absolute Gasteiger partial charge is 0.693 e. The van der Waals surface area contributed by atoms with Gasteiger partial charge < -0.3 is 36.6 Å². The predicted molar refractivity (Wildman–Crippen MR) is 111 cm³/mol. The third-order valence-electron chi connectivity index (χ3n) is 3.89. The van der Waals surface area contributed by atoms with Gasteiger partial charge in [0.1, 0.15) is 5.69 Å². The normalized spacial score (nSPS) is 9.45. The number of nitrogens with zero attached hydrogens (tertiary/aromatic N) is 4. The Kier molecular flexibility index (Phi) is 10.5. The monoisotopic (exact) mass is 601 g/mol. The molecule has 0 aromatic carbocycles. The van der Waals surface area contributed by atoms with Crippen LogP contribution >= 0.6 is 9.42 Å². The minimum absolute atomic E-state index is 0. The van der Waals surface area contributed by atoms with Crippen molar-refractivity contribution in [1.29, 1.82) is 0 Å². The van der Waals surface area contributed by atoms with E-state index in [2.05, 4.69) is 32.0 Å². The number of anilines is 2. The van der Waals surface area contributed by atoms with Gasteiger partial charge >= 0.3 is 28.2 Å². The fourth-order valence-electron chi connectivity index (χ4n) is 2.50. The van der Waals surface area contributed by atoms with Crippen LogP contribution in [0.4, 0.5) is 11.4 Å². The van der Waals surface area contributed by atoms with Gasteiger partial charge in [-0.3, -0.25) is 9.59 Å². The fraction of sp³-hybridized carbons (Fsp3) is 0.176. The molecular formula is C17H23ClN8O2Pt-3. The summed E-state index contributed by atoms with van der Waals surface area (Å²) in [5, 5.41) is 5.56. The topological polar surface area (TPSA) is 153 Å². The zero-order valence-corrected chi connectivity index (χ0v) is 19.2. The molecule has 6 N–H and O–H groups in total. The Bertz CT molecular complexity index is 943. The second-order valence-electron chi connectivity index (χ2n) is 5.83. The molecule has 12 heteroatoms. The van der Waals surface area contributed by atoms with Gasteiger partial charge in [0.25, 0.3) is 11.8 Å². The number of imidazole rings is 1. The van der Waals surface area contributed by atoms with Crippen LogP contribution < -0.4 is 10.6 Å². The fourth-order valence-corrected chi connectivity index (χ4v) is 2.50. The van der Waals surface area contributed by atoms with Crippen molar-refractivity contribution in [3.8, 4) is 0 Å². The molecule has 3 heterocycles. The molecule has 2 amide bonds. The van der Waals surface area contributed by atoms with Crippen LogP contribution in [0.15, 0.2) is 36.9 Å². The summed E-state index contributed by atoms with van der Waals surface area (Å²) in [5.74, 6) is -0.317. The van der Waals surface area contributed by atoms with Gasteiger partial charge in [-0.05, 0) is 11.8 Å². The summed E-state index contributed by atoms with van der Waals surface area (Å²) in [4.78, 5) is 28.6. The Morgan fingerprint density at radius 2 is 1.52 bits per heavy atom. The van der Waals surface area contributed by atoms with E-state index >= 15 is 0 Å². The first kappa shape index (κ1) is 26.5. The summed E-state index contributed by atoms with van der Waals surface area (Å²) in [5.41, 5.74) is 2.40. The number of nitrogens with one attached hydrogen (secondary N) is 2. The minimum atomic E-state index is -0.338. The molecule has 0 atom stereocenters. The molecule has 0 saturated heterocycles. The number of nitrogens with two attached hydrogens (primary N) is 2.